The highest BCUT2D eigenvalue weighted by atomic mass is 33.1. The highest BCUT2D eigenvalue weighted by molar-refractivity contribution is 8.77. The van der Waals surface area contributed by atoms with Gasteiger partial charge >= 0.3 is 12.1 Å². The fourth-order valence-corrected chi connectivity index (χ4v) is 6.46. The fraction of sp³-hybridized carbons (Fsp3) is 0.100. The highest BCUT2D eigenvalue weighted by Crippen LogP contribution is 2.41. The van der Waals surface area contributed by atoms with Crippen molar-refractivity contribution in [3.8, 4) is 0 Å². The van der Waals surface area contributed by atoms with Crippen LogP contribution in [0.5, 0.6) is 0 Å². The smallest absolute Gasteiger partial charge is 0.308 e. The van der Waals surface area contributed by atoms with Gasteiger partial charge in [0.2, 0.25) is 10.3 Å². The largest absolute Gasteiger partial charge is 0.325 e. The summed E-state index contributed by atoms with van der Waals surface area (Å²) in [5.74, 6) is 0. The number of carbonyl (C=O) groups is 2. The van der Waals surface area contributed by atoms with Crippen LogP contribution in [0.3, 0.4) is 0 Å². The lowest BCUT2D eigenvalue weighted by Crippen LogP contribution is -2.19. The van der Waals surface area contributed by atoms with Gasteiger partial charge in [-0.15, -0.1) is 20.4 Å². The molecule has 34 heavy (non-hydrogen) atoms. The first-order valence-corrected chi connectivity index (χ1v) is 13.5. The summed E-state index contributed by atoms with van der Waals surface area (Å²) in [7, 11) is 2.67. The first kappa shape index (κ1) is 23.9. The quantitative estimate of drug-likeness (QED) is 0.166. The summed E-state index contributed by atoms with van der Waals surface area (Å²) in [4.78, 5) is 24.3. The molecular formula is C20H18N8O2S4. The van der Waals surface area contributed by atoms with Gasteiger partial charge in [-0.3, -0.25) is 10.6 Å². The summed E-state index contributed by atoms with van der Waals surface area (Å²) < 4.78 is 1.27. The Morgan fingerprint density at radius 3 is 1.53 bits per heavy atom. The molecule has 0 radical (unpaired) electrons. The number of benzene rings is 2. The molecule has 2 aromatic heterocycles. The number of hydrogen-bond donors (Lipinski definition) is 4. The molecular weight excluding hydrogens is 513 g/mol. The lowest BCUT2D eigenvalue weighted by atomic mass is 10.2. The molecule has 0 unspecified atom stereocenters. The van der Waals surface area contributed by atoms with E-state index < -0.39 is 12.1 Å². The predicted octanol–water partition coefficient (Wildman–Crippen LogP) is 6.09. The van der Waals surface area contributed by atoms with Crippen LogP contribution >= 0.6 is 44.3 Å². The first-order valence-electron chi connectivity index (χ1n) is 9.74. The van der Waals surface area contributed by atoms with Gasteiger partial charge < -0.3 is 10.6 Å². The van der Waals surface area contributed by atoms with Crippen LogP contribution < -0.4 is 21.3 Å². The van der Waals surface area contributed by atoms with Crippen molar-refractivity contribution in [2.75, 3.05) is 21.3 Å². The number of nitrogens with one attached hydrogen (secondary N) is 4. The molecule has 0 aliphatic carbocycles. The lowest BCUT2D eigenvalue weighted by Gasteiger charge is -2.05. The molecule has 14 heteroatoms. The Morgan fingerprint density at radius 1 is 0.676 bits per heavy atom. The van der Waals surface area contributed by atoms with Crippen molar-refractivity contribution in [1.82, 2.24) is 20.4 Å². The van der Waals surface area contributed by atoms with E-state index in [0.717, 1.165) is 11.1 Å². The zero-order valence-electron chi connectivity index (χ0n) is 17.9. The minimum absolute atomic E-state index is 0.376. The molecule has 0 atom stereocenters. The monoisotopic (exact) mass is 530 g/mol. The van der Waals surface area contributed by atoms with E-state index in [2.05, 4.69) is 41.7 Å². The van der Waals surface area contributed by atoms with Crippen molar-refractivity contribution in [1.29, 1.82) is 0 Å². The van der Waals surface area contributed by atoms with E-state index in [1.165, 1.54) is 44.3 Å². The van der Waals surface area contributed by atoms with E-state index in [1.54, 1.807) is 0 Å². The second kappa shape index (κ2) is 11.3. The first-order chi connectivity index (χ1) is 16.4. The number of hydrogen-bond acceptors (Lipinski definition) is 10. The summed E-state index contributed by atoms with van der Waals surface area (Å²) in [6, 6.07) is 14.2. The Morgan fingerprint density at radius 2 is 1.12 bits per heavy atom. The van der Waals surface area contributed by atoms with E-state index in [4.69, 9.17) is 0 Å². The molecule has 174 valence electrons. The number of rotatable bonds is 7. The van der Waals surface area contributed by atoms with E-state index in [-0.39, 0.29) is 0 Å². The summed E-state index contributed by atoms with van der Waals surface area (Å²) in [5.41, 5.74) is 3.48. The van der Waals surface area contributed by atoms with Crippen molar-refractivity contribution >= 4 is 78.0 Å². The Labute approximate surface area is 210 Å². The number of anilines is 4. The minimum Gasteiger partial charge on any atom is -0.308 e. The summed E-state index contributed by atoms with van der Waals surface area (Å²) in [6.07, 6.45) is 0. The number of carbonyl (C=O) groups excluding carboxylic acids is 2. The highest BCUT2D eigenvalue weighted by Gasteiger charge is 2.13. The number of aromatic nitrogens is 4. The molecule has 2 aromatic carbocycles. The third-order valence-electron chi connectivity index (χ3n) is 3.99. The van der Waals surface area contributed by atoms with Gasteiger partial charge in [0.15, 0.2) is 8.68 Å². The van der Waals surface area contributed by atoms with Gasteiger partial charge in [-0.25, -0.2) is 9.59 Å². The second-order valence-electron chi connectivity index (χ2n) is 6.81. The Kier molecular flexibility index (Phi) is 7.95. The van der Waals surface area contributed by atoms with Crippen molar-refractivity contribution in [3.05, 3.63) is 59.7 Å². The topological polar surface area (TPSA) is 134 Å². The molecule has 0 bridgehead atoms. The SMILES string of the molecule is Cc1cccc(NC(=O)Nc2nnc(SSc3nnc(NC(=O)Nc4cccc(C)c4)s3)s2)c1. The van der Waals surface area contributed by atoms with Crippen molar-refractivity contribution in [3.63, 3.8) is 0 Å². The third kappa shape index (κ3) is 7.15. The third-order valence-corrected chi connectivity index (χ3v) is 8.62. The van der Waals surface area contributed by atoms with Gasteiger partial charge in [0.25, 0.3) is 0 Å². The summed E-state index contributed by atoms with van der Waals surface area (Å²) in [6.45, 7) is 3.90. The molecule has 4 amide bonds. The summed E-state index contributed by atoms with van der Waals surface area (Å²) >= 11 is 2.48. The number of urea groups is 2. The predicted molar refractivity (Wildman–Crippen MR) is 139 cm³/mol. The van der Waals surface area contributed by atoms with E-state index in [1.807, 2.05) is 62.4 Å². The average Bonchev–Trinajstić information content (AvgIpc) is 3.41. The number of amides is 4. The van der Waals surface area contributed by atoms with Crippen LogP contribution in [0.25, 0.3) is 0 Å². The Balaban J connectivity index is 1.24. The average molecular weight is 531 g/mol. The van der Waals surface area contributed by atoms with Crippen LogP contribution in [-0.2, 0) is 0 Å². The maximum Gasteiger partial charge on any atom is 0.325 e. The molecule has 10 nitrogen and oxygen atoms in total. The van der Waals surface area contributed by atoms with Crippen molar-refractivity contribution in [2.45, 2.75) is 22.5 Å². The van der Waals surface area contributed by atoms with Crippen molar-refractivity contribution < 1.29 is 9.59 Å². The maximum atomic E-state index is 12.2. The lowest BCUT2D eigenvalue weighted by molar-refractivity contribution is 0.261. The number of aryl methyl sites for hydroxylation is 2. The zero-order chi connectivity index (χ0) is 23.9. The fourth-order valence-electron chi connectivity index (χ4n) is 2.62. The van der Waals surface area contributed by atoms with E-state index in [9.17, 15) is 9.59 Å². The van der Waals surface area contributed by atoms with Crippen LogP contribution in [-0.4, -0.2) is 32.5 Å². The molecule has 2 heterocycles. The van der Waals surface area contributed by atoms with Crippen LogP contribution in [0.15, 0.2) is 57.2 Å². The molecule has 0 aliphatic rings. The van der Waals surface area contributed by atoms with E-state index in [0.29, 0.717) is 30.3 Å². The van der Waals surface area contributed by atoms with Gasteiger partial charge in [0.1, 0.15) is 0 Å². The van der Waals surface area contributed by atoms with Gasteiger partial charge in [-0.05, 0) is 70.8 Å². The number of nitrogens with zero attached hydrogens (tertiary/aromatic N) is 4. The van der Waals surface area contributed by atoms with Gasteiger partial charge in [0, 0.05) is 11.4 Å². The second-order valence-corrected chi connectivity index (χ2v) is 11.4. The molecule has 4 N–H and O–H groups in total. The Bertz CT molecular complexity index is 1210. The van der Waals surface area contributed by atoms with Gasteiger partial charge in [0.05, 0.1) is 0 Å². The maximum absolute atomic E-state index is 12.2. The Hall–Kier alpha value is -3.20. The minimum atomic E-state index is -0.394. The molecule has 4 rings (SSSR count). The molecule has 0 fully saturated rings. The normalized spacial score (nSPS) is 10.5. The van der Waals surface area contributed by atoms with Crippen molar-refractivity contribution in [2.24, 2.45) is 0 Å². The van der Waals surface area contributed by atoms with Crippen LogP contribution in [0.4, 0.5) is 31.2 Å². The van der Waals surface area contributed by atoms with Gasteiger partial charge in [-0.2, -0.15) is 0 Å². The molecule has 4 aromatic rings. The molecule has 0 saturated heterocycles. The zero-order valence-corrected chi connectivity index (χ0v) is 21.1. The van der Waals surface area contributed by atoms with Gasteiger partial charge in [-0.1, -0.05) is 46.9 Å². The standard InChI is InChI=1S/C20H18N8O2S4/c1-11-5-3-7-13(9-11)21-15(29)23-17-25-27-19(31-17)33-34-20-28-26-18(32-20)24-16(30)22-14-8-4-6-12(2)10-14/h3-10H,1-2H3,(H2,21,23,25,29)(H2,22,24,26,30). The molecule has 0 saturated carbocycles. The van der Waals surface area contributed by atoms with Crippen LogP contribution in [0.2, 0.25) is 0 Å². The molecule has 0 spiro atoms. The van der Waals surface area contributed by atoms with E-state index >= 15 is 0 Å². The molecule has 0 aliphatic heterocycles. The van der Waals surface area contributed by atoms with Crippen LogP contribution in [0.1, 0.15) is 11.1 Å². The van der Waals surface area contributed by atoms with Crippen LogP contribution in [0, 0.1) is 13.8 Å². The summed E-state index contributed by atoms with van der Waals surface area (Å²) in [5, 5.41) is 27.7.